The molecule has 1 fully saturated rings. The molecule has 0 saturated carbocycles. The van der Waals surface area contributed by atoms with Gasteiger partial charge in [-0.05, 0) is 31.9 Å². The molecule has 7 heteroatoms. The predicted octanol–water partition coefficient (Wildman–Crippen LogP) is 2.32. The summed E-state index contributed by atoms with van der Waals surface area (Å²) in [6.07, 6.45) is 1.55. The minimum absolute atomic E-state index is 0.0163. The van der Waals surface area contributed by atoms with Crippen molar-refractivity contribution in [3.63, 3.8) is 0 Å². The van der Waals surface area contributed by atoms with Gasteiger partial charge >= 0.3 is 0 Å². The van der Waals surface area contributed by atoms with Gasteiger partial charge in [-0.1, -0.05) is 0 Å². The lowest BCUT2D eigenvalue weighted by Gasteiger charge is -2.23. The van der Waals surface area contributed by atoms with Crippen LogP contribution in [0, 0.1) is 10.1 Å². The fraction of sp³-hybridized carbons (Fsp3) is 0.538. The molecule has 0 aromatic heterocycles. The summed E-state index contributed by atoms with van der Waals surface area (Å²) in [6.45, 7) is 2.30. The Balaban J connectivity index is 2.14. The van der Waals surface area contributed by atoms with Crippen LogP contribution in [0.25, 0.3) is 0 Å². The number of nitro groups is 1. The Bertz CT molecular complexity index is 511. The largest absolute Gasteiger partial charge is 0.494 e. The summed E-state index contributed by atoms with van der Waals surface area (Å²) in [5, 5.41) is 14.3. The predicted molar refractivity (Wildman–Crippen MR) is 78.8 cm³/mol. The standard InChI is InChI=1S/C13H18N2O4S/c1-2-19-11-3-4-12(13(9-11)15(16)17)14-10-5-7-20(18)8-6-10/h3-4,9-10,14H,2,5-8H2,1H3. The second kappa shape index (κ2) is 6.69. The van der Waals surface area contributed by atoms with Crippen molar-refractivity contribution < 1.29 is 13.9 Å². The summed E-state index contributed by atoms with van der Waals surface area (Å²) in [4.78, 5) is 10.7. The van der Waals surface area contributed by atoms with Crippen LogP contribution in [0.2, 0.25) is 0 Å². The summed E-state index contributed by atoms with van der Waals surface area (Å²) >= 11 is 0. The number of hydrogen-bond donors (Lipinski definition) is 1. The Morgan fingerprint density at radius 3 is 2.75 bits per heavy atom. The van der Waals surface area contributed by atoms with Crippen LogP contribution in [-0.4, -0.2) is 33.3 Å². The molecule has 1 N–H and O–H groups in total. The van der Waals surface area contributed by atoms with E-state index in [2.05, 4.69) is 5.32 Å². The molecule has 6 nitrogen and oxygen atoms in total. The number of benzene rings is 1. The summed E-state index contributed by atoms with van der Waals surface area (Å²) in [6, 6.07) is 4.98. The molecule has 1 aromatic carbocycles. The highest BCUT2D eigenvalue weighted by atomic mass is 32.2. The molecule has 1 aromatic rings. The minimum Gasteiger partial charge on any atom is -0.494 e. The van der Waals surface area contributed by atoms with E-state index in [0.29, 0.717) is 29.5 Å². The van der Waals surface area contributed by atoms with Gasteiger partial charge < -0.3 is 10.1 Å². The SMILES string of the molecule is CCOc1ccc(NC2CCS(=O)CC2)c([N+](=O)[O-])c1. The number of anilines is 1. The van der Waals surface area contributed by atoms with Crippen molar-refractivity contribution in [2.24, 2.45) is 0 Å². The molecule has 1 aliphatic heterocycles. The molecule has 0 bridgehead atoms. The summed E-state index contributed by atoms with van der Waals surface area (Å²) in [5.41, 5.74) is 0.513. The van der Waals surface area contributed by atoms with Gasteiger partial charge in [-0.15, -0.1) is 0 Å². The average Bonchev–Trinajstić information content (AvgIpc) is 2.43. The lowest BCUT2D eigenvalue weighted by atomic mass is 10.1. The van der Waals surface area contributed by atoms with Crippen LogP contribution in [0.1, 0.15) is 19.8 Å². The third-order valence-corrected chi connectivity index (χ3v) is 4.61. The van der Waals surface area contributed by atoms with Gasteiger partial charge in [0.2, 0.25) is 0 Å². The molecule has 0 atom stereocenters. The van der Waals surface area contributed by atoms with Gasteiger partial charge in [0.05, 0.1) is 17.6 Å². The second-order valence-corrected chi connectivity index (χ2v) is 6.33. The van der Waals surface area contributed by atoms with E-state index in [-0.39, 0.29) is 11.7 Å². The van der Waals surface area contributed by atoms with E-state index < -0.39 is 15.7 Å². The van der Waals surface area contributed by atoms with Crippen molar-refractivity contribution in [2.75, 3.05) is 23.4 Å². The van der Waals surface area contributed by atoms with Crippen LogP contribution < -0.4 is 10.1 Å². The van der Waals surface area contributed by atoms with Crippen LogP contribution in [0.3, 0.4) is 0 Å². The highest BCUT2D eigenvalue weighted by Crippen LogP contribution is 2.30. The van der Waals surface area contributed by atoms with E-state index in [1.165, 1.54) is 6.07 Å². The fourth-order valence-electron chi connectivity index (χ4n) is 2.20. The third kappa shape index (κ3) is 3.69. The monoisotopic (exact) mass is 298 g/mol. The van der Waals surface area contributed by atoms with E-state index in [0.717, 1.165) is 12.8 Å². The number of hydrogen-bond acceptors (Lipinski definition) is 5. The molecule has 0 aliphatic carbocycles. The zero-order chi connectivity index (χ0) is 14.5. The molecule has 1 aliphatic rings. The first-order chi connectivity index (χ1) is 9.60. The maximum Gasteiger partial charge on any atom is 0.296 e. The number of nitrogens with zero attached hydrogens (tertiary/aromatic N) is 1. The normalized spacial score (nSPS) is 22.2. The smallest absolute Gasteiger partial charge is 0.296 e. The van der Waals surface area contributed by atoms with Crippen LogP contribution in [0.4, 0.5) is 11.4 Å². The zero-order valence-electron chi connectivity index (χ0n) is 11.3. The maximum absolute atomic E-state index is 11.3. The Hall–Kier alpha value is -1.63. The Labute approximate surface area is 120 Å². The van der Waals surface area contributed by atoms with Gasteiger partial charge in [-0.2, -0.15) is 0 Å². The van der Waals surface area contributed by atoms with Crippen molar-refractivity contribution in [1.82, 2.24) is 0 Å². The molecule has 1 saturated heterocycles. The van der Waals surface area contributed by atoms with Crippen molar-refractivity contribution >= 4 is 22.2 Å². The molecule has 0 amide bonds. The fourth-order valence-corrected chi connectivity index (χ4v) is 3.50. The van der Waals surface area contributed by atoms with Gasteiger partial charge in [0, 0.05) is 28.3 Å². The molecule has 0 unspecified atom stereocenters. The van der Waals surface area contributed by atoms with Crippen molar-refractivity contribution in [3.05, 3.63) is 28.3 Å². The molecular weight excluding hydrogens is 280 g/mol. The first-order valence-corrected chi connectivity index (χ1v) is 8.11. The van der Waals surface area contributed by atoms with Crippen LogP contribution >= 0.6 is 0 Å². The average molecular weight is 298 g/mol. The first-order valence-electron chi connectivity index (χ1n) is 6.63. The number of rotatable bonds is 5. The van der Waals surface area contributed by atoms with E-state index in [1.807, 2.05) is 6.92 Å². The number of ether oxygens (including phenoxy) is 1. The van der Waals surface area contributed by atoms with Gasteiger partial charge in [-0.3, -0.25) is 14.3 Å². The van der Waals surface area contributed by atoms with Gasteiger partial charge in [0.15, 0.2) is 0 Å². The van der Waals surface area contributed by atoms with Gasteiger partial charge in [0.25, 0.3) is 5.69 Å². The van der Waals surface area contributed by atoms with E-state index in [1.54, 1.807) is 12.1 Å². The quantitative estimate of drug-likeness (QED) is 0.666. The Kier molecular flexibility index (Phi) is 4.94. The lowest BCUT2D eigenvalue weighted by Crippen LogP contribution is -2.29. The van der Waals surface area contributed by atoms with Crippen LogP contribution in [-0.2, 0) is 10.8 Å². The van der Waals surface area contributed by atoms with E-state index >= 15 is 0 Å². The van der Waals surface area contributed by atoms with Crippen molar-refractivity contribution in [2.45, 2.75) is 25.8 Å². The van der Waals surface area contributed by atoms with E-state index in [9.17, 15) is 14.3 Å². The van der Waals surface area contributed by atoms with Crippen LogP contribution in [0.5, 0.6) is 5.75 Å². The van der Waals surface area contributed by atoms with Gasteiger partial charge in [0.1, 0.15) is 11.4 Å². The zero-order valence-corrected chi connectivity index (χ0v) is 12.1. The first kappa shape index (κ1) is 14.8. The Morgan fingerprint density at radius 1 is 1.45 bits per heavy atom. The topological polar surface area (TPSA) is 81.5 Å². The molecule has 1 heterocycles. The maximum atomic E-state index is 11.3. The molecule has 20 heavy (non-hydrogen) atoms. The number of nitro benzene ring substituents is 1. The van der Waals surface area contributed by atoms with Crippen LogP contribution in [0.15, 0.2) is 18.2 Å². The minimum atomic E-state index is -0.733. The highest BCUT2D eigenvalue weighted by Gasteiger charge is 2.22. The third-order valence-electron chi connectivity index (χ3n) is 3.22. The summed E-state index contributed by atoms with van der Waals surface area (Å²) in [5.74, 6) is 1.81. The molecule has 110 valence electrons. The second-order valence-electron chi connectivity index (χ2n) is 4.64. The molecule has 2 rings (SSSR count). The molecule has 0 spiro atoms. The number of nitrogens with one attached hydrogen (secondary N) is 1. The van der Waals surface area contributed by atoms with Crippen molar-refractivity contribution in [1.29, 1.82) is 0 Å². The van der Waals surface area contributed by atoms with E-state index in [4.69, 9.17) is 4.74 Å². The molecular formula is C13H18N2O4S. The lowest BCUT2D eigenvalue weighted by molar-refractivity contribution is -0.384. The summed E-state index contributed by atoms with van der Waals surface area (Å²) < 4.78 is 16.6. The Morgan fingerprint density at radius 2 is 2.15 bits per heavy atom. The van der Waals surface area contributed by atoms with Gasteiger partial charge in [-0.25, -0.2) is 0 Å². The van der Waals surface area contributed by atoms with Crippen molar-refractivity contribution in [3.8, 4) is 5.75 Å². The molecule has 0 radical (unpaired) electrons. The summed E-state index contributed by atoms with van der Waals surface area (Å²) in [7, 11) is -0.733. The highest BCUT2D eigenvalue weighted by molar-refractivity contribution is 7.85.